The van der Waals surface area contributed by atoms with E-state index in [-0.39, 0.29) is 11.4 Å². The van der Waals surface area contributed by atoms with E-state index in [0.29, 0.717) is 18.9 Å². The number of nitrogens with one attached hydrogen (secondary N) is 1. The first kappa shape index (κ1) is 16.3. The molecule has 0 saturated heterocycles. The van der Waals surface area contributed by atoms with E-state index in [1.165, 1.54) is 0 Å². The van der Waals surface area contributed by atoms with Gasteiger partial charge in [0.25, 0.3) is 0 Å². The molecular formula is C15H24FNOS. The first-order chi connectivity index (χ1) is 8.92. The first-order valence-electron chi connectivity index (χ1n) is 6.57. The van der Waals surface area contributed by atoms with E-state index in [2.05, 4.69) is 32.3 Å². The molecule has 1 N–H and O–H groups in total. The van der Waals surface area contributed by atoms with Crippen molar-refractivity contribution in [2.75, 3.05) is 18.6 Å². The van der Waals surface area contributed by atoms with E-state index >= 15 is 0 Å². The van der Waals surface area contributed by atoms with Gasteiger partial charge in [-0.15, -0.1) is 0 Å². The van der Waals surface area contributed by atoms with Gasteiger partial charge in [0, 0.05) is 12.1 Å². The molecule has 0 aliphatic heterocycles. The summed E-state index contributed by atoms with van der Waals surface area (Å²) in [5.41, 5.74) is 0.965. The van der Waals surface area contributed by atoms with Gasteiger partial charge in [-0.1, -0.05) is 6.07 Å². The molecule has 0 aromatic heterocycles. The summed E-state index contributed by atoms with van der Waals surface area (Å²) in [6, 6.07) is 5.17. The van der Waals surface area contributed by atoms with Gasteiger partial charge in [-0.05, 0) is 56.9 Å². The Kier molecular flexibility index (Phi) is 6.66. The second-order valence-electron chi connectivity index (χ2n) is 5.56. The maximum absolute atomic E-state index is 13.8. The Balaban J connectivity index is 2.49. The lowest BCUT2D eigenvalue weighted by Gasteiger charge is -2.20. The van der Waals surface area contributed by atoms with E-state index in [0.717, 1.165) is 17.7 Å². The fourth-order valence-electron chi connectivity index (χ4n) is 1.52. The number of rotatable bonds is 7. The van der Waals surface area contributed by atoms with Crippen LogP contribution in [-0.4, -0.2) is 24.2 Å². The number of ether oxygens (including phenoxy) is 1. The molecule has 0 fully saturated rings. The summed E-state index contributed by atoms with van der Waals surface area (Å²) in [7, 11) is 0. The topological polar surface area (TPSA) is 21.3 Å². The maximum atomic E-state index is 13.8. The zero-order chi connectivity index (χ0) is 14.3. The molecule has 0 radical (unpaired) electrons. The monoisotopic (exact) mass is 285 g/mol. The fourth-order valence-corrected chi connectivity index (χ4v) is 1.93. The maximum Gasteiger partial charge on any atom is 0.165 e. The molecule has 0 bridgehead atoms. The Morgan fingerprint density at radius 2 is 2.05 bits per heavy atom. The Morgan fingerprint density at radius 3 is 2.63 bits per heavy atom. The molecule has 1 aromatic rings. The SMILES string of the molecule is CSCCCOc1ccc(CNC(C)(C)C)cc1F. The van der Waals surface area contributed by atoms with Gasteiger partial charge in [0.2, 0.25) is 0 Å². The van der Waals surface area contributed by atoms with Crippen LogP contribution in [0.3, 0.4) is 0 Å². The summed E-state index contributed by atoms with van der Waals surface area (Å²) < 4.78 is 19.3. The van der Waals surface area contributed by atoms with Crippen LogP contribution >= 0.6 is 11.8 Å². The summed E-state index contributed by atoms with van der Waals surface area (Å²) in [6.07, 6.45) is 2.99. The largest absolute Gasteiger partial charge is 0.490 e. The zero-order valence-electron chi connectivity index (χ0n) is 12.3. The van der Waals surface area contributed by atoms with Crippen molar-refractivity contribution in [2.45, 2.75) is 39.3 Å². The van der Waals surface area contributed by atoms with Crippen LogP contribution in [0.2, 0.25) is 0 Å². The van der Waals surface area contributed by atoms with E-state index in [1.807, 2.05) is 6.07 Å². The third-order valence-electron chi connectivity index (χ3n) is 2.57. The molecule has 0 aliphatic rings. The highest BCUT2D eigenvalue weighted by Crippen LogP contribution is 2.19. The minimum Gasteiger partial charge on any atom is -0.490 e. The Labute approximate surface area is 120 Å². The summed E-state index contributed by atoms with van der Waals surface area (Å²) in [5, 5.41) is 3.33. The Bertz CT molecular complexity index is 390. The minimum atomic E-state index is -0.280. The van der Waals surface area contributed by atoms with Crippen molar-refractivity contribution in [1.29, 1.82) is 0 Å². The van der Waals surface area contributed by atoms with Crippen LogP contribution in [0.5, 0.6) is 5.75 Å². The zero-order valence-corrected chi connectivity index (χ0v) is 13.1. The van der Waals surface area contributed by atoms with Crippen LogP contribution in [0, 0.1) is 5.82 Å². The molecule has 2 nitrogen and oxygen atoms in total. The highest BCUT2D eigenvalue weighted by atomic mass is 32.2. The summed E-state index contributed by atoms with van der Waals surface area (Å²) in [6.45, 7) is 7.50. The van der Waals surface area contributed by atoms with Gasteiger partial charge in [-0.3, -0.25) is 0 Å². The van der Waals surface area contributed by atoms with Crippen molar-refractivity contribution in [3.05, 3.63) is 29.6 Å². The van der Waals surface area contributed by atoms with Crippen molar-refractivity contribution in [1.82, 2.24) is 5.32 Å². The summed E-state index contributed by atoms with van der Waals surface area (Å²) in [4.78, 5) is 0. The quantitative estimate of drug-likeness (QED) is 0.769. The lowest BCUT2D eigenvalue weighted by atomic mass is 10.1. The molecule has 0 heterocycles. The number of hydrogen-bond donors (Lipinski definition) is 1. The first-order valence-corrected chi connectivity index (χ1v) is 7.97. The molecule has 19 heavy (non-hydrogen) atoms. The second kappa shape index (κ2) is 7.75. The third kappa shape index (κ3) is 6.83. The highest BCUT2D eigenvalue weighted by Gasteiger charge is 2.10. The Morgan fingerprint density at radius 1 is 1.32 bits per heavy atom. The fraction of sp³-hybridized carbons (Fsp3) is 0.600. The van der Waals surface area contributed by atoms with Gasteiger partial charge in [0.15, 0.2) is 11.6 Å². The van der Waals surface area contributed by atoms with Crippen LogP contribution < -0.4 is 10.1 Å². The van der Waals surface area contributed by atoms with Crippen molar-refractivity contribution < 1.29 is 9.13 Å². The van der Waals surface area contributed by atoms with Crippen LogP contribution in [-0.2, 0) is 6.54 Å². The van der Waals surface area contributed by atoms with Crippen LogP contribution in [0.25, 0.3) is 0 Å². The molecule has 108 valence electrons. The molecule has 0 saturated carbocycles. The predicted molar refractivity (Wildman–Crippen MR) is 81.5 cm³/mol. The predicted octanol–water partition coefficient (Wildman–Crippen LogP) is 3.85. The number of thioether (sulfide) groups is 1. The van der Waals surface area contributed by atoms with Crippen molar-refractivity contribution in [2.24, 2.45) is 0 Å². The molecule has 0 atom stereocenters. The molecule has 1 rings (SSSR count). The molecular weight excluding hydrogens is 261 g/mol. The average Bonchev–Trinajstić information content (AvgIpc) is 2.33. The number of benzene rings is 1. The average molecular weight is 285 g/mol. The van der Waals surface area contributed by atoms with Crippen LogP contribution in [0.4, 0.5) is 4.39 Å². The van der Waals surface area contributed by atoms with Gasteiger partial charge in [0.1, 0.15) is 0 Å². The molecule has 0 aliphatic carbocycles. The minimum absolute atomic E-state index is 0.0312. The summed E-state index contributed by atoms with van der Waals surface area (Å²) in [5.74, 6) is 1.10. The molecule has 1 aromatic carbocycles. The van der Waals surface area contributed by atoms with E-state index in [9.17, 15) is 4.39 Å². The van der Waals surface area contributed by atoms with Gasteiger partial charge in [-0.2, -0.15) is 11.8 Å². The third-order valence-corrected chi connectivity index (χ3v) is 3.27. The van der Waals surface area contributed by atoms with E-state index in [1.54, 1.807) is 23.9 Å². The van der Waals surface area contributed by atoms with Crippen molar-refractivity contribution in [3.63, 3.8) is 0 Å². The van der Waals surface area contributed by atoms with Gasteiger partial charge >= 0.3 is 0 Å². The summed E-state index contributed by atoms with van der Waals surface area (Å²) >= 11 is 1.77. The van der Waals surface area contributed by atoms with Crippen LogP contribution in [0.1, 0.15) is 32.8 Å². The molecule has 0 spiro atoms. The van der Waals surface area contributed by atoms with Crippen molar-refractivity contribution >= 4 is 11.8 Å². The second-order valence-corrected chi connectivity index (χ2v) is 6.55. The van der Waals surface area contributed by atoms with Crippen molar-refractivity contribution in [3.8, 4) is 5.75 Å². The van der Waals surface area contributed by atoms with Gasteiger partial charge < -0.3 is 10.1 Å². The normalized spacial score (nSPS) is 11.6. The van der Waals surface area contributed by atoms with Gasteiger partial charge in [0.05, 0.1) is 6.61 Å². The molecule has 0 unspecified atom stereocenters. The number of hydrogen-bond acceptors (Lipinski definition) is 3. The van der Waals surface area contributed by atoms with E-state index in [4.69, 9.17) is 4.74 Å². The lowest BCUT2D eigenvalue weighted by Crippen LogP contribution is -2.35. The van der Waals surface area contributed by atoms with Crippen LogP contribution in [0.15, 0.2) is 18.2 Å². The smallest absolute Gasteiger partial charge is 0.165 e. The standard InChI is InChI=1S/C15H24FNOS/c1-15(2,3)17-11-12-6-7-14(13(16)10-12)18-8-5-9-19-4/h6-7,10,17H,5,8-9,11H2,1-4H3. The highest BCUT2D eigenvalue weighted by molar-refractivity contribution is 7.98. The molecule has 4 heteroatoms. The Hall–Kier alpha value is -0.740. The van der Waals surface area contributed by atoms with Gasteiger partial charge in [-0.25, -0.2) is 4.39 Å². The molecule has 0 amide bonds. The lowest BCUT2D eigenvalue weighted by molar-refractivity contribution is 0.302. The van der Waals surface area contributed by atoms with E-state index < -0.39 is 0 Å². The number of halogens is 1.